The van der Waals surface area contributed by atoms with Gasteiger partial charge >= 0.3 is 0 Å². The summed E-state index contributed by atoms with van der Waals surface area (Å²) in [7, 11) is 2.03. The van der Waals surface area contributed by atoms with Crippen molar-refractivity contribution in [2.24, 2.45) is 7.05 Å². The van der Waals surface area contributed by atoms with Gasteiger partial charge in [-0.1, -0.05) is 6.92 Å². The maximum Gasteiger partial charge on any atom is 0.108 e. The first-order chi connectivity index (χ1) is 8.81. The smallest absolute Gasteiger partial charge is 0.108 e. The molecule has 0 saturated carbocycles. The van der Waals surface area contributed by atoms with Crippen molar-refractivity contribution in [1.29, 1.82) is 0 Å². The zero-order chi connectivity index (χ0) is 12.8. The molecule has 1 atom stereocenters. The summed E-state index contributed by atoms with van der Waals surface area (Å²) in [5, 5.41) is 11.2. The standard InChI is InChI=1S/C13H19N5/c1-3-14-12(11-6-7-16-17-10-11)4-5-13-15-8-9-18(13)2/h6-10,12,14H,3-5H2,1-2H3. The Morgan fingerprint density at radius 2 is 2.22 bits per heavy atom. The zero-order valence-electron chi connectivity index (χ0n) is 10.9. The summed E-state index contributed by atoms with van der Waals surface area (Å²) in [5.41, 5.74) is 1.18. The van der Waals surface area contributed by atoms with Crippen LogP contribution in [0.3, 0.4) is 0 Å². The molecule has 0 saturated heterocycles. The summed E-state index contributed by atoms with van der Waals surface area (Å²) >= 11 is 0. The van der Waals surface area contributed by atoms with Crippen LogP contribution in [-0.4, -0.2) is 26.3 Å². The van der Waals surface area contributed by atoms with Crippen LogP contribution in [0, 0.1) is 0 Å². The number of rotatable bonds is 6. The van der Waals surface area contributed by atoms with Gasteiger partial charge in [0.25, 0.3) is 0 Å². The molecule has 18 heavy (non-hydrogen) atoms. The largest absolute Gasteiger partial charge is 0.338 e. The van der Waals surface area contributed by atoms with Crippen LogP contribution >= 0.6 is 0 Å². The molecule has 5 heteroatoms. The fourth-order valence-electron chi connectivity index (χ4n) is 2.05. The summed E-state index contributed by atoms with van der Waals surface area (Å²) in [5.74, 6) is 1.11. The fourth-order valence-corrected chi connectivity index (χ4v) is 2.05. The Hall–Kier alpha value is -1.75. The normalized spacial score (nSPS) is 12.6. The minimum absolute atomic E-state index is 0.308. The monoisotopic (exact) mass is 245 g/mol. The zero-order valence-corrected chi connectivity index (χ0v) is 10.9. The highest BCUT2D eigenvalue weighted by molar-refractivity contribution is 5.12. The van der Waals surface area contributed by atoms with Crippen LogP contribution in [0.2, 0.25) is 0 Å². The van der Waals surface area contributed by atoms with Gasteiger partial charge in [-0.25, -0.2) is 4.98 Å². The first-order valence-electron chi connectivity index (χ1n) is 6.27. The summed E-state index contributed by atoms with van der Waals surface area (Å²) in [6.45, 7) is 3.05. The van der Waals surface area contributed by atoms with E-state index < -0.39 is 0 Å². The van der Waals surface area contributed by atoms with E-state index in [0.717, 1.165) is 25.2 Å². The highest BCUT2D eigenvalue weighted by Gasteiger charge is 2.11. The van der Waals surface area contributed by atoms with Gasteiger partial charge in [-0.15, -0.1) is 0 Å². The SMILES string of the molecule is CCNC(CCc1nccn1C)c1ccnnc1. The second-order valence-corrected chi connectivity index (χ2v) is 4.28. The van der Waals surface area contributed by atoms with E-state index in [0.29, 0.717) is 6.04 Å². The van der Waals surface area contributed by atoms with Gasteiger partial charge in [0, 0.05) is 38.1 Å². The summed E-state index contributed by atoms with van der Waals surface area (Å²) in [6.07, 6.45) is 9.33. The molecule has 2 heterocycles. The van der Waals surface area contributed by atoms with Crippen LogP contribution in [0.1, 0.15) is 30.8 Å². The van der Waals surface area contributed by atoms with Crippen molar-refractivity contribution >= 4 is 0 Å². The van der Waals surface area contributed by atoms with Gasteiger partial charge in [0.2, 0.25) is 0 Å². The second-order valence-electron chi connectivity index (χ2n) is 4.28. The summed E-state index contributed by atoms with van der Waals surface area (Å²) in [6, 6.07) is 2.32. The Labute approximate surface area is 107 Å². The molecule has 0 spiro atoms. The first-order valence-corrected chi connectivity index (χ1v) is 6.27. The van der Waals surface area contributed by atoms with Crippen molar-refractivity contribution in [3.05, 3.63) is 42.2 Å². The molecule has 5 nitrogen and oxygen atoms in total. The average Bonchev–Trinajstić information content (AvgIpc) is 2.81. The predicted molar refractivity (Wildman–Crippen MR) is 70.0 cm³/mol. The van der Waals surface area contributed by atoms with E-state index in [9.17, 15) is 0 Å². The third-order valence-electron chi connectivity index (χ3n) is 3.04. The molecule has 2 rings (SSSR count). The van der Waals surface area contributed by atoms with Crippen LogP contribution in [-0.2, 0) is 13.5 Å². The number of aryl methyl sites for hydroxylation is 2. The van der Waals surface area contributed by atoms with Crippen LogP contribution in [0.5, 0.6) is 0 Å². The van der Waals surface area contributed by atoms with Crippen molar-refractivity contribution in [3.8, 4) is 0 Å². The van der Waals surface area contributed by atoms with Gasteiger partial charge in [0.05, 0.1) is 6.20 Å². The van der Waals surface area contributed by atoms with E-state index in [2.05, 4.69) is 32.0 Å². The quantitative estimate of drug-likeness (QED) is 0.838. The van der Waals surface area contributed by atoms with Crippen molar-refractivity contribution in [2.45, 2.75) is 25.8 Å². The molecule has 0 fully saturated rings. The van der Waals surface area contributed by atoms with Crippen molar-refractivity contribution in [3.63, 3.8) is 0 Å². The number of nitrogens with zero attached hydrogens (tertiary/aromatic N) is 4. The van der Waals surface area contributed by atoms with Gasteiger partial charge < -0.3 is 9.88 Å². The average molecular weight is 245 g/mol. The second kappa shape index (κ2) is 6.26. The minimum Gasteiger partial charge on any atom is -0.338 e. The van der Waals surface area contributed by atoms with Crippen LogP contribution in [0.25, 0.3) is 0 Å². The van der Waals surface area contributed by atoms with E-state index >= 15 is 0 Å². The van der Waals surface area contributed by atoms with Gasteiger partial charge in [-0.3, -0.25) is 0 Å². The Morgan fingerprint density at radius 1 is 1.33 bits per heavy atom. The molecule has 0 bridgehead atoms. The maximum absolute atomic E-state index is 4.35. The van der Waals surface area contributed by atoms with Crippen molar-refractivity contribution in [2.75, 3.05) is 6.54 Å². The molecule has 1 unspecified atom stereocenters. The molecule has 96 valence electrons. The van der Waals surface area contributed by atoms with Crippen LogP contribution < -0.4 is 5.32 Å². The number of nitrogens with one attached hydrogen (secondary N) is 1. The maximum atomic E-state index is 4.35. The van der Waals surface area contributed by atoms with E-state index in [1.807, 2.05) is 31.7 Å². The molecule has 0 aliphatic carbocycles. The Bertz CT molecular complexity index is 465. The first kappa shape index (κ1) is 12.7. The lowest BCUT2D eigenvalue weighted by Gasteiger charge is -2.17. The molecular weight excluding hydrogens is 226 g/mol. The Balaban J connectivity index is 2.01. The number of hydrogen-bond acceptors (Lipinski definition) is 4. The van der Waals surface area contributed by atoms with Crippen LogP contribution in [0.4, 0.5) is 0 Å². The molecule has 1 N–H and O–H groups in total. The van der Waals surface area contributed by atoms with E-state index in [1.165, 1.54) is 5.56 Å². The van der Waals surface area contributed by atoms with E-state index in [1.54, 1.807) is 6.20 Å². The molecule has 0 radical (unpaired) electrons. The predicted octanol–water partition coefficient (Wildman–Crippen LogP) is 1.49. The molecule has 0 aromatic carbocycles. The van der Waals surface area contributed by atoms with Crippen LogP contribution in [0.15, 0.2) is 30.9 Å². The molecule has 0 aliphatic rings. The summed E-state index contributed by atoms with van der Waals surface area (Å²) < 4.78 is 2.06. The number of imidazole rings is 1. The lowest BCUT2D eigenvalue weighted by atomic mass is 10.0. The number of aromatic nitrogens is 4. The van der Waals surface area contributed by atoms with Crippen molar-refractivity contribution in [1.82, 2.24) is 25.1 Å². The van der Waals surface area contributed by atoms with Gasteiger partial charge in [-0.2, -0.15) is 10.2 Å². The summed E-state index contributed by atoms with van der Waals surface area (Å²) in [4.78, 5) is 4.35. The molecule has 0 aliphatic heterocycles. The lowest BCUT2D eigenvalue weighted by molar-refractivity contribution is 0.503. The van der Waals surface area contributed by atoms with Crippen molar-refractivity contribution < 1.29 is 0 Å². The molecule has 2 aromatic heterocycles. The fraction of sp³-hybridized carbons (Fsp3) is 0.462. The molecule has 0 amide bonds. The highest BCUT2D eigenvalue weighted by Crippen LogP contribution is 2.17. The van der Waals surface area contributed by atoms with Gasteiger partial charge in [0.15, 0.2) is 0 Å². The van der Waals surface area contributed by atoms with Gasteiger partial charge in [-0.05, 0) is 24.6 Å². The van der Waals surface area contributed by atoms with E-state index in [4.69, 9.17) is 0 Å². The van der Waals surface area contributed by atoms with Gasteiger partial charge in [0.1, 0.15) is 5.82 Å². The Kier molecular flexibility index (Phi) is 4.41. The molecule has 2 aromatic rings. The number of hydrogen-bond donors (Lipinski definition) is 1. The Morgan fingerprint density at radius 3 is 2.83 bits per heavy atom. The third-order valence-corrected chi connectivity index (χ3v) is 3.04. The molecular formula is C13H19N5. The topological polar surface area (TPSA) is 55.6 Å². The third kappa shape index (κ3) is 3.13. The lowest BCUT2D eigenvalue weighted by Crippen LogP contribution is -2.22. The minimum atomic E-state index is 0.308. The highest BCUT2D eigenvalue weighted by atomic mass is 15.1. The van der Waals surface area contributed by atoms with E-state index in [-0.39, 0.29) is 0 Å².